The number of aliphatic hydroxyl groups is 1. The Morgan fingerprint density at radius 1 is 1.06 bits per heavy atom. The van der Waals surface area contributed by atoms with Gasteiger partial charge in [0.1, 0.15) is 11.9 Å². The van der Waals surface area contributed by atoms with E-state index in [2.05, 4.69) is 54.3 Å². The Labute approximate surface area is 200 Å². The molecule has 5 heterocycles. The molecular weight excluding hydrogens is 430 g/mol. The molecule has 0 radical (unpaired) electrons. The average Bonchev–Trinajstić information content (AvgIpc) is 3.22. The molecule has 5 rings (SSSR count). The van der Waals surface area contributed by atoms with E-state index in [4.69, 9.17) is 4.98 Å². The van der Waals surface area contributed by atoms with E-state index >= 15 is 0 Å². The smallest absolute Gasteiger partial charge is 0.230 e. The van der Waals surface area contributed by atoms with Gasteiger partial charge in [0.2, 0.25) is 5.95 Å². The molecule has 10 nitrogen and oxygen atoms in total. The van der Waals surface area contributed by atoms with Gasteiger partial charge in [-0.1, -0.05) is 12.8 Å². The van der Waals surface area contributed by atoms with E-state index in [1.807, 2.05) is 18.2 Å². The van der Waals surface area contributed by atoms with Crippen LogP contribution in [0, 0.1) is 0 Å². The summed E-state index contributed by atoms with van der Waals surface area (Å²) in [4.78, 5) is 13.8. The van der Waals surface area contributed by atoms with Gasteiger partial charge in [-0.05, 0) is 64.5 Å². The largest absolute Gasteiger partial charge is 0.373 e. The van der Waals surface area contributed by atoms with E-state index in [9.17, 15) is 5.11 Å². The fourth-order valence-corrected chi connectivity index (χ4v) is 4.96. The number of fused-ring (bicyclic) bond motifs is 3. The summed E-state index contributed by atoms with van der Waals surface area (Å²) in [5, 5.41) is 26.8. The van der Waals surface area contributed by atoms with Crippen molar-refractivity contribution in [3.05, 3.63) is 30.1 Å². The lowest BCUT2D eigenvalue weighted by molar-refractivity contribution is 0.129. The van der Waals surface area contributed by atoms with Gasteiger partial charge in [-0.3, -0.25) is 5.32 Å². The van der Waals surface area contributed by atoms with Gasteiger partial charge in [0.25, 0.3) is 0 Å². The first-order valence-corrected chi connectivity index (χ1v) is 12.4. The van der Waals surface area contributed by atoms with Gasteiger partial charge < -0.3 is 24.8 Å². The Morgan fingerprint density at radius 3 is 2.65 bits per heavy atom. The second-order valence-electron chi connectivity index (χ2n) is 9.55. The third kappa shape index (κ3) is 4.98. The molecule has 1 fully saturated rings. The Kier molecular flexibility index (Phi) is 6.89. The zero-order chi connectivity index (χ0) is 23.5. The maximum absolute atomic E-state index is 10.6. The number of aryl methyl sites for hydroxylation is 1. The third-order valence-corrected chi connectivity index (χ3v) is 7.00. The van der Waals surface area contributed by atoms with Crippen LogP contribution in [0.2, 0.25) is 0 Å². The van der Waals surface area contributed by atoms with Gasteiger partial charge in [-0.2, -0.15) is 4.98 Å². The average molecular weight is 466 g/mol. The number of nitrogens with zero attached hydrogens (tertiary/aromatic N) is 7. The number of rotatable bonds is 4. The van der Waals surface area contributed by atoms with E-state index in [0.29, 0.717) is 17.8 Å². The van der Waals surface area contributed by atoms with Crippen LogP contribution in [0.5, 0.6) is 0 Å². The highest BCUT2D eigenvalue weighted by atomic mass is 16.3. The number of aromatic nitrogens is 5. The van der Waals surface area contributed by atoms with Gasteiger partial charge in [0.15, 0.2) is 11.6 Å². The molecule has 3 aromatic heterocycles. The molecule has 3 N–H and O–H groups in total. The molecule has 1 unspecified atom stereocenters. The van der Waals surface area contributed by atoms with Crippen LogP contribution in [0.25, 0.3) is 11.0 Å². The van der Waals surface area contributed by atoms with Crippen LogP contribution in [0.3, 0.4) is 0 Å². The van der Waals surface area contributed by atoms with Crippen LogP contribution in [0.15, 0.2) is 24.4 Å². The minimum absolute atomic E-state index is 0.474. The van der Waals surface area contributed by atoms with Crippen LogP contribution in [-0.4, -0.2) is 74.5 Å². The SMILES string of the molecule is CN(C)C1CCN(c2ccc(Nc3ncc4cc5n(c4n3)CCCCCCNC5O)nn2)CC1. The zero-order valence-electron chi connectivity index (χ0n) is 20.1. The molecule has 34 heavy (non-hydrogen) atoms. The highest BCUT2D eigenvalue weighted by Gasteiger charge is 2.22. The van der Waals surface area contributed by atoms with Crippen molar-refractivity contribution in [3.63, 3.8) is 0 Å². The van der Waals surface area contributed by atoms with Crippen LogP contribution in [0.4, 0.5) is 17.6 Å². The van der Waals surface area contributed by atoms with E-state index < -0.39 is 6.23 Å². The lowest BCUT2D eigenvalue weighted by atomic mass is 10.0. The number of hydrogen-bond donors (Lipinski definition) is 3. The number of hydrogen-bond acceptors (Lipinski definition) is 9. The molecule has 0 spiro atoms. The normalized spacial score (nSPS) is 20.5. The second kappa shape index (κ2) is 10.2. The summed E-state index contributed by atoms with van der Waals surface area (Å²) in [6, 6.07) is 6.55. The van der Waals surface area contributed by atoms with Gasteiger partial charge in [0.05, 0.1) is 5.69 Å². The lowest BCUT2D eigenvalue weighted by Gasteiger charge is -2.35. The Hall–Kier alpha value is -2.82. The number of piperidine rings is 1. The molecule has 0 amide bonds. The summed E-state index contributed by atoms with van der Waals surface area (Å²) in [6.45, 7) is 3.62. The van der Waals surface area contributed by atoms with Crippen molar-refractivity contribution in [1.82, 2.24) is 34.9 Å². The number of nitrogens with one attached hydrogen (secondary N) is 2. The molecule has 10 heteroatoms. The van der Waals surface area contributed by atoms with Crippen LogP contribution >= 0.6 is 0 Å². The Bertz CT molecular complexity index is 1090. The third-order valence-electron chi connectivity index (χ3n) is 7.00. The number of aliphatic hydroxyl groups excluding tert-OH is 1. The van der Waals surface area contributed by atoms with Gasteiger partial charge >= 0.3 is 0 Å². The molecule has 3 aromatic rings. The van der Waals surface area contributed by atoms with Crippen molar-refractivity contribution in [2.45, 2.75) is 57.3 Å². The first kappa shape index (κ1) is 22.9. The minimum Gasteiger partial charge on any atom is -0.373 e. The topological polar surface area (TPSA) is 107 Å². The first-order chi connectivity index (χ1) is 16.6. The molecule has 182 valence electrons. The van der Waals surface area contributed by atoms with Gasteiger partial charge in [0, 0.05) is 37.3 Å². The summed E-state index contributed by atoms with van der Waals surface area (Å²) in [5.41, 5.74) is 1.66. The maximum Gasteiger partial charge on any atom is 0.230 e. The molecule has 0 aliphatic carbocycles. The lowest BCUT2D eigenvalue weighted by Crippen LogP contribution is -2.42. The zero-order valence-corrected chi connectivity index (χ0v) is 20.1. The van der Waals surface area contributed by atoms with Crippen molar-refractivity contribution in [2.75, 3.05) is 43.9 Å². The highest BCUT2D eigenvalue weighted by Crippen LogP contribution is 2.26. The van der Waals surface area contributed by atoms with Crippen molar-refractivity contribution < 1.29 is 5.11 Å². The van der Waals surface area contributed by atoms with Crippen molar-refractivity contribution >= 4 is 28.6 Å². The molecule has 2 aliphatic rings. The molecule has 1 atom stereocenters. The summed E-state index contributed by atoms with van der Waals surface area (Å²) >= 11 is 0. The van der Waals surface area contributed by atoms with Crippen LogP contribution in [0.1, 0.15) is 50.4 Å². The molecule has 0 aromatic carbocycles. The Balaban J connectivity index is 1.31. The predicted octanol–water partition coefficient (Wildman–Crippen LogP) is 2.65. The maximum atomic E-state index is 10.6. The fourth-order valence-electron chi connectivity index (χ4n) is 4.96. The first-order valence-electron chi connectivity index (χ1n) is 12.4. The van der Waals surface area contributed by atoms with Crippen LogP contribution in [-0.2, 0) is 6.54 Å². The monoisotopic (exact) mass is 465 g/mol. The fraction of sp³-hybridized carbons (Fsp3) is 0.583. The van der Waals surface area contributed by atoms with E-state index in [-0.39, 0.29) is 0 Å². The van der Waals surface area contributed by atoms with Gasteiger partial charge in [-0.25, -0.2) is 4.98 Å². The van der Waals surface area contributed by atoms with E-state index in [1.54, 1.807) is 6.20 Å². The van der Waals surface area contributed by atoms with Gasteiger partial charge in [-0.15, -0.1) is 10.2 Å². The summed E-state index contributed by atoms with van der Waals surface area (Å²) in [5.74, 6) is 1.99. The molecule has 2 aliphatic heterocycles. The van der Waals surface area contributed by atoms with Crippen LogP contribution < -0.4 is 15.5 Å². The molecule has 0 bridgehead atoms. The van der Waals surface area contributed by atoms with Crippen molar-refractivity contribution in [2.24, 2.45) is 0 Å². The molecular formula is C24H35N9O. The predicted molar refractivity (Wildman–Crippen MR) is 133 cm³/mol. The summed E-state index contributed by atoms with van der Waals surface area (Å²) < 4.78 is 2.11. The number of anilines is 3. The quantitative estimate of drug-likeness (QED) is 0.536. The van der Waals surface area contributed by atoms with Crippen molar-refractivity contribution in [1.29, 1.82) is 0 Å². The standard InChI is InChI=1S/C24H35N9O/c1-31(2)18-9-13-32(14-10-18)21-8-7-20(29-30-21)27-24-26-16-17-15-19-23(34)25-11-5-3-4-6-12-33(19)22(17)28-24/h7-8,15-16,18,23,25,34H,3-6,9-14H2,1-2H3,(H,26,27,28,29). The summed E-state index contributed by atoms with van der Waals surface area (Å²) in [6.07, 6.45) is 7.84. The highest BCUT2D eigenvalue weighted by molar-refractivity contribution is 5.78. The summed E-state index contributed by atoms with van der Waals surface area (Å²) in [7, 11) is 4.29. The Morgan fingerprint density at radius 2 is 1.88 bits per heavy atom. The minimum atomic E-state index is -0.704. The second-order valence-corrected chi connectivity index (χ2v) is 9.55. The van der Waals surface area contributed by atoms with E-state index in [1.165, 1.54) is 12.8 Å². The molecule has 0 saturated carbocycles. The van der Waals surface area contributed by atoms with E-state index in [0.717, 1.165) is 74.4 Å². The van der Waals surface area contributed by atoms with Crippen molar-refractivity contribution in [3.8, 4) is 0 Å². The molecule has 1 saturated heterocycles.